The number of carbonyl (C=O) groups is 1. The Morgan fingerprint density at radius 1 is 1.14 bits per heavy atom. The molecule has 0 aliphatic heterocycles. The van der Waals surface area contributed by atoms with Crippen molar-refractivity contribution >= 4 is 5.97 Å². The molecule has 0 spiro atoms. The Morgan fingerprint density at radius 2 is 1.64 bits per heavy atom. The van der Waals surface area contributed by atoms with Gasteiger partial charge in [-0.25, -0.2) is 4.79 Å². The van der Waals surface area contributed by atoms with Gasteiger partial charge in [-0.3, -0.25) is 0 Å². The van der Waals surface area contributed by atoms with Crippen molar-refractivity contribution in [1.29, 1.82) is 0 Å². The first kappa shape index (κ1) is 15.6. The largest absolute Gasteiger partial charge is 0.455 e. The van der Waals surface area contributed by atoms with Crippen molar-refractivity contribution < 1.29 is 22.7 Å². The molecule has 4 aliphatic carbocycles. The third-order valence-electron chi connectivity index (χ3n) is 5.85. The maximum atomic E-state index is 12.7. The fraction of sp³-hybridized carbons (Fsp3) is 0.706. The zero-order chi connectivity index (χ0) is 16.1. The maximum absolute atomic E-state index is 12.7. The van der Waals surface area contributed by atoms with E-state index >= 15 is 0 Å². The summed E-state index contributed by atoms with van der Waals surface area (Å²) in [5.74, 6) is 0.287. The summed E-state index contributed by atoms with van der Waals surface area (Å²) in [5, 5.41) is 0. The minimum absolute atomic E-state index is 0.159. The predicted octanol–water partition coefficient (Wildman–Crippen LogP) is 4.42. The lowest BCUT2D eigenvalue weighted by molar-refractivity contribution is -0.209. The van der Waals surface area contributed by atoms with Gasteiger partial charge < -0.3 is 4.74 Å². The average Bonchev–Trinajstić information content (AvgIpc) is 2.42. The number of ether oxygens (including phenoxy) is 1. The molecular formula is C17H21F3O2. The van der Waals surface area contributed by atoms with Gasteiger partial charge in [-0.1, -0.05) is 12.7 Å². The molecule has 0 amide bonds. The van der Waals surface area contributed by atoms with Crippen LogP contribution in [0, 0.1) is 23.7 Å². The second-order valence-corrected chi connectivity index (χ2v) is 7.12. The van der Waals surface area contributed by atoms with E-state index in [4.69, 9.17) is 4.74 Å². The van der Waals surface area contributed by atoms with Crippen molar-refractivity contribution in [3.63, 3.8) is 0 Å². The third kappa shape index (κ3) is 2.38. The normalized spacial score (nSPS) is 39.6. The van der Waals surface area contributed by atoms with Crippen LogP contribution in [0.5, 0.6) is 0 Å². The van der Waals surface area contributed by atoms with Crippen LogP contribution in [0.1, 0.15) is 38.5 Å². The van der Waals surface area contributed by atoms with Crippen LogP contribution in [-0.2, 0) is 9.53 Å². The minimum Gasteiger partial charge on any atom is -0.455 e. The van der Waals surface area contributed by atoms with Crippen LogP contribution in [0.3, 0.4) is 0 Å². The smallest absolute Gasteiger partial charge is 0.422 e. The number of hydrogen-bond donors (Lipinski definition) is 0. The Labute approximate surface area is 128 Å². The van der Waals surface area contributed by atoms with Crippen molar-refractivity contribution in [2.24, 2.45) is 23.7 Å². The molecule has 4 fully saturated rings. The number of carbonyl (C=O) groups excluding carboxylic acids is 1. The Hall–Kier alpha value is -1.26. The van der Waals surface area contributed by atoms with Gasteiger partial charge in [0.15, 0.2) is 0 Å². The first-order valence-corrected chi connectivity index (χ1v) is 7.86. The van der Waals surface area contributed by atoms with Crippen molar-refractivity contribution in [3.8, 4) is 0 Å². The average molecular weight is 314 g/mol. The number of alkyl halides is 3. The second-order valence-electron chi connectivity index (χ2n) is 7.12. The van der Waals surface area contributed by atoms with Gasteiger partial charge in [0.25, 0.3) is 0 Å². The van der Waals surface area contributed by atoms with E-state index in [1.165, 1.54) is 6.42 Å². The Balaban J connectivity index is 1.85. The summed E-state index contributed by atoms with van der Waals surface area (Å²) in [5.41, 5.74) is -2.22. The van der Waals surface area contributed by atoms with Gasteiger partial charge in [0, 0.05) is 6.42 Å². The SMILES string of the molecule is C=CCC1(OC(=O)C(=C)C(F)(F)F)C2CC3CC(C2)CC1C3. The molecule has 0 unspecified atom stereocenters. The first-order valence-electron chi connectivity index (χ1n) is 7.86. The molecule has 4 aliphatic rings. The molecule has 0 saturated heterocycles. The van der Waals surface area contributed by atoms with Gasteiger partial charge in [-0.2, -0.15) is 13.2 Å². The fourth-order valence-corrected chi connectivity index (χ4v) is 5.10. The monoisotopic (exact) mass is 314 g/mol. The summed E-state index contributed by atoms with van der Waals surface area (Å²) >= 11 is 0. The molecule has 0 radical (unpaired) electrons. The van der Waals surface area contributed by atoms with E-state index in [-0.39, 0.29) is 11.8 Å². The van der Waals surface area contributed by atoms with Crippen LogP contribution < -0.4 is 0 Å². The van der Waals surface area contributed by atoms with Crippen LogP contribution in [0.4, 0.5) is 13.2 Å². The number of rotatable bonds is 4. The zero-order valence-corrected chi connectivity index (χ0v) is 12.5. The number of hydrogen-bond acceptors (Lipinski definition) is 2. The van der Waals surface area contributed by atoms with E-state index in [1.54, 1.807) is 6.08 Å². The van der Waals surface area contributed by atoms with E-state index in [0.29, 0.717) is 18.3 Å². The van der Waals surface area contributed by atoms with Crippen LogP contribution in [0.2, 0.25) is 0 Å². The highest BCUT2D eigenvalue weighted by atomic mass is 19.4. The van der Waals surface area contributed by atoms with E-state index in [1.807, 2.05) is 0 Å². The molecular weight excluding hydrogens is 293 g/mol. The van der Waals surface area contributed by atoms with Crippen molar-refractivity contribution in [1.82, 2.24) is 0 Å². The minimum atomic E-state index is -4.74. The zero-order valence-electron chi connectivity index (χ0n) is 12.5. The summed E-state index contributed by atoms with van der Waals surface area (Å²) in [6, 6.07) is 0. The fourth-order valence-electron chi connectivity index (χ4n) is 5.10. The Bertz CT molecular complexity index is 479. The van der Waals surface area contributed by atoms with E-state index in [0.717, 1.165) is 25.7 Å². The molecule has 22 heavy (non-hydrogen) atoms. The maximum Gasteiger partial charge on any atom is 0.422 e. The second kappa shape index (κ2) is 5.14. The first-order chi connectivity index (χ1) is 10.3. The number of esters is 1. The molecule has 2 nitrogen and oxygen atoms in total. The lowest BCUT2D eigenvalue weighted by Gasteiger charge is -2.60. The molecule has 4 bridgehead atoms. The molecule has 0 atom stereocenters. The van der Waals surface area contributed by atoms with E-state index in [9.17, 15) is 18.0 Å². The van der Waals surface area contributed by atoms with Crippen molar-refractivity contribution in [3.05, 3.63) is 24.8 Å². The van der Waals surface area contributed by atoms with Crippen LogP contribution in [-0.4, -0.2) is 17.7 Å². The molecule has 0 aromatic heterocycles. The highest BCUT2D eigenvalue weighted by Crippen LogP contribution is 2.61. The highest BCUT2D eigenvalue weighted by molar-refractivity contribution is 5.89. The van der Waals surface area contributed by atoms with E-state index in [2.05, 4.69) is 13.2 Å². The lowest BCUT2D eigenvalue weighted by Crippen LogP contribution is -2.59. The van der Waals surface area contributed by atoms with Gasteiger partial charge in [0.2, 0.25) is 0 Å². The van der Waals surface area contributed by atoms with E-state index < -0.39 is 23.3 Å². The summed E-state index contributed by atoms with van der Waals surface area (Å²) < 4.78 is 43.6. The molecule has 0 heterocycles. The standard InChI is InChI=1S/C17H21F3O2/c1-3-4-16(22-15(21)10(2)17(18,19)20)13-6-11-5-12(8-13)9-14(16)7-11/h3,11-14H,1-2,4-9H2. The molecule has 5 heteroatoms. The molecule has 0 aromatic carbocycles. The summed E-state index contributed by atoms with van der Waals surface area (Å²) in [6.07, 6.45) is 2.39. The van der Waals surface area contributed by atoms with Gasteiger partial charge in [-0.15, -0.1) is 6.58 Å². The quantitative estimate of drug-likeness (QED) is 0.436. The summed E-state index contributed by atoms with van der Waals surface area (Å²) in [7, 11) is 0. The van der Waals surface area contributed by atoms with Gasteiger partial charge in [-0.05, 0) is 55.8 Å². The van der Waals surface area contributed by atoms with Gasteiger partial charge in [0.1, 0.15) is 11.2 Å². The Morgan fingerprint density at radius 3 is 2.05 bits per heavy atom. The van der Waals surface area contributed by atoms with Gasteiger partial charge >= 0.3 is 12.1 Å². The van der Waals surface area contributed by atoms with Crippen molar-refractivity contribution in [2.45, 2.75) is 50.3 Å². The van der Waals surface area contributed by atoms with Crippen LogP contribution in [0.15, 0.2) is 24.8 Å². The van der Waals surface area contributed by atoms with Crippen molar-refractivity contribution in [2.75, 3.05) is 0 Å². The lowest BCUT2D eigenvalue weighted by atomic mass is 9.49. The Kier molecular flexibility index (Phi) is 3.65. The molecule has 4 saturated carbocycles. The van der Waals surface area contributed by atoms with Gasteiger partial charge in [0.05, 0.1) is 0 Å². The summed E-state index contributed by atoms with van der Waals surface area (Å²) in [6.45, 7) is 6.60. The number of halogens is 3. The predicted molar refractivity (Wildman–Crippen MR) is 75.9 cm³/mol. The topological polar surface area (TPSA) is 26.3 Å². The highest BCUT2D eigenvalue weighted by Gasteiger charge is 2.59. The molecule has 4 rings (SSSR count). The van der Waals surface area contributed by atoms with Crippen LogP contribution in [0.25, 0.3) is 0 Å². The third-order valence-corrected chi connectivity index (χ3v) is 5.85. The summed E-state index contributed by atoms with van der Waals surface area (Å²) in [4.78, 5) is 12.0. The molecule has 0 N–H and O–H groups in total. The molecule has 122 valence electrons. The van der Waals surface area contributed by atoms with Crippen LogP contribution >= 0.6 is 0 Å². The molecule has 0 aromatic rings.